The van der Waals surface area contributed by atoms with Crippen LogP contribution in [0.3, 0.4) is 0 Å². The lowest BCUT2D eigenvalue weighted by Gasteiger charge is -2.21. The largest absolute Gasteiger partial charge is 0.472 e. The second-order valence-electron chi connectivity index (χ2n) is 22.3. The fourth-order valence-corrected chi connectivity index (χ4v) is 10.1. The molecule has 0 fully saturated rings. The molecule has 0 rings (SSSR count). The molecule has 466 valence electrons. The van der Waals surface area contributed by atoms with E-state index in [9.17, 15) is 28.9 Å². The Bertz CT molecular complexity index is 1570. The van der Waals surface area contributed by atoms with Gasteiger partial charge in [-0.2, -0.15) is 0 Å². The molecule has 0 heterocycles. The molecule has 0 saturated heterocycles. The minimum absolute atomic E-state index is 0.161. The first-order valence-corrected chi connectivity index (χ1v) is 34.7. The molecule has 0 spiro atoms. The number of hydrogen-bond acceptors (Lipinski definition) is 10. The predicted molar refractivity (Wildman–Crippen MR) is 335 cm³/mol. The number of aliphatic hydroxyl groups excluding tert-OH is 1. The van der Waals surface area contributed by atoms with E-state index in [0.717, 1.165) is 96.3 Å². The third-order valence-electron chi connectivity index (χ3n) is 14.4. The van der Waals surface area contributed by atoms with E-state index in [1.807, 2.05) is 0 Å². The standard InChI is InChI=1S/C68H123O11P/c1-4-7-10-13-16-19-22-25-28-30-32-34-37-39-42-45-48-51-54-57-66(70)75-61-65(79-68(72)59-56-53-50-47-44-41-38-35-33-31-29-26-23-20-17-14-11-8-5-2)63-77-80(73,74)76-62-64(60-69)78-67(71)58-55-52-49-46-43-40-36-27-24-21-18-15-12-9-6-3/h16,18-19,21,25-29,36,64-65,69H,4-15,17,20,22-24,30-35,37-63H2,1-3H3,(H,73,74)/b19-16-,21-18-,28-25-,29-26-,36-27-. The van der Waals surface area contributed by atoms with Gasteiger partial charge in [-0.3, -0.25) is 23.4 Å². The second-order valence-corrected chi connectivity index (χ2v) is 23.7. The first kappa shape index (κ1) is 77.2. The molecule has 11 nitrogen and oxygen atoms in total. The highest BCUT2D eigenvalue weighted by Crippen LogP contribution is 2.43. The van der Waals surface area contributed by atoms with Gasteiger partial charge in [0.1, 0.15) is 12.7 Å². The Morgan fingerprint density at radius 2 is 0.613 bits per heavy atom. The quantitative estimate of drug-likeness (QED) is 0.0197. The third kappa shape index (κ3) is 59.8. The van der Waals surface area contributed by atoms with Crippen LogP contribution < -0.4 is 0 Å². The van der Waals surface area contributed by atoms with Gasteiger partial charge in [0.15, 0.2) is 6.10 Å². The fourth-order valence-electron chi connectivity index (χ4n) is 9.30. The number of rotatable bonds is 62. The number of carbonyl (C=O) groups is 3. The fraction of sp³-hybridized carbons (Fsp3) is 0.809. The topological polar surface area (TPSA) is 155 Å². The first-order valence-electron chi connectivity index (χ1n) is 33.2. The van der Waals surface area contributed by atoms with E-state index in [0.29, 0.717) is 19.3 Å². The minimum atomic E-state index is -4.76. The van der Waals surface area contributed by atoms with E-state index < -0.39 is 57.8 Å². The molecule has 0 aliphatic rings. The zero-order chi connectivity index (χ0) is 58.3. The van der Waals surface area contributed by atoms with Crippen molar-refractivity contribution in [1.29, 1.82) is 0 Å². The lowest BCUT2D eigenvalue weighted by Crippen LogP contribution is -2.30. The Balaban J connectivity index is 4.70. The van der Waals surface area contributed by atoms with Crippen molar-refractivity contribution in [3.05, 3.63) is 60.8 Å². The van der Waals surface area contributed by atoms with Gasteiger partial charge in [-0.25, -0.2) is 4.57 Å². The molecule has 12 heteroatoms. The van der Waals surface area contributed by atoms with Crippen LogP contribution in [0.1, 0.15) is 316 Å². The van der Waals surface area contributed by atoms with E-state index in [4.69, 9.17) is 23.3 Å². The van der Waals surface area contributed by atoms with E-state index in [1.54, 1.807) is 0 Å². The van der Waals surface area contributed by atoms with Gasteiger partial charge in [-0.1, -0.05) is 248 Å². The van der Waals surface area contributed by atoms with Crippen molar-refractivity contribution in [2.45, 2.75) is 328 Å². The summed E-state index contributed by atoms with van der Waals surface area (Å²) in [5.41, 5.74) is 0. The Labute approximate surface area is 491 Å². The average molecular weight is 1150 g/mol. The molecule has 2 N–H and O–H groups in total. The molecule has 0 aromatic heterocycles. The van der Waals surface area contributed by atoms with Crippen LogP contribution in [0, 0.1) is 0 Å². The van der Waals surface area contributed by atoms with Crippen molar-refractivity contribution in [3.8, 4) is 0 Å². The molecule has 0 aromatic rings. The minimum Gasteiger partial charge on any atom is -0.462 e. The average Bonchev–Trinajstić information content (AvgIpc) is 3.45. The molecule has 0 bridgehead atoms. The Morgan fingerprint density at radius 1 is 0.350 bits per heavy atom. The number of phosphoric acid groups is 1. The van der Waals surface area contributed by atoms with Gasteiger partial charge in [-0.15, -0.1) is 0 Å². The lowest BCUT2D eigenvalue weighted by atomic mass is 10.1. The van der Waals surface area contributed by atoms with E-state index in [1.165, 1.54) is 161 Å². The van der Waals surface area contributed by atoms with Crippen molar-refractivity contribution in [2.24, 2.45) is 0 Å². The summed E-state index contributed by atoms with van der Waals surface area (Å²) in [6, 6.07) is 0. The summed E-state index contributed by atoms with van der Waals surface area (Å²) >= 11 is 0. The van der Waals surface area contributed by atoms with Gasteiger partial charge >= 0.3 is 25.7 Å². The number of phosphoric ester groups is 1. The predicted octanol–water partition coefficient (Wildman–Crippen LogP) is 20.3. The van der Waals surface area contributed by atoms with Crippen molar-refractivity contribution >= 4 is 25.7 Å². The number of unbranched alkanes of at least 4 members (excludes halogenated alkanes) is 35. The third-order valence-corrected chi connectivity index (χ3v) is 15.3. The van der Waals surface area contributed by atoms with Gasteiger partial charge in [-0.05, 0) is 109 Å². The number of carbonyl (C=O) groups excluding carboxylic acids is 3. The van der Waals surface area contributed by atoms with Crippen molar-refractivity contribution in [1.82, 2.24) is 0 Å². The van der Waals surface area contributed by atoms with Gasteiger partial charge in [0.25, 0.3) is 0 Å². The summed E-state index contributed by atoms with van der Waals surface area (Å²) in [4.78, 5) is 48.8. The van der Waals surface area contributed by atoms with Crippen LogP contribution >= 0.6 is 7.82 Å². The molecule has 0 radical (unpaired) electrons. The van der Waals surface area contributed by atoms with Crippen LogP contribution in [-0.4, -0.2) is 66.5 Å². The zero-order valence-corrected chi connectivity index (χ0v) is 52.7. The van der Waals surface area contributed by atoms with E-state index >= 15 is 0 Å². The van der Waals surface area contributed by atoms with Crippen LogP contribution in [0.4, 0.5) is 0 Å². The maximum atomic E-state index is 13.0. The highest BCUT2D eigenvalue weighted by Gasteiger charge is 2.28. The Morgan fingerprint density at radius 3 is 0.963 bits per heavy atom. The summed E-state index contributed by atoms with van der Waals surface area (Å²) < 4.78 is 39.7. The molecule has 0 aliphatic carbocycles. The molecule has 0 saturated carbocycles. The van der Waals surface area contributed by atoms with Gasteiger partial charge in [0.2, 0.25) is 0 Å². The van der Waals surface area contributed by atoms with E-state index in [2.05, 4.69) is 81.5 Å². The van der Waals surface area contributed by atoms with Crippen LogP contribution in [0.25, 0.3) is 0 Å². The van der Waals surface area contributed by atoms with Crippen LogP contribution in [0.15, 0.2) is 60.8 Å². The summed E-state index contributed by atoms with van der Waals surface area (Å²) in [5, 5.41) is 9.85. The van der Waals surface area contributed by atoms with Crippen molar-refractivity contribution in [2.75, 3.05) is 26.4 Å². The van der Waals surface area contributed by atoms with Crippen LogP contribution in [0.5, 0.6) is 0 Å². The highest BCUT2D eigenvalue weighted by molar-refractivity contribution is 7.47. The molecule has 3 unspecified atom stereocenters. The van der Waals surface area contributed by atoms with Crippen molar-refractivity contribution < 1.29 is 52.2 Å². The number of ether oxygens (including phenoxy) is 3. The molecule has 0 aromatic carbocycles. The van der Waals surface area contributed by atoms with Gasteiger partial charge < -0.3 is 24.2 Å². The van der Waals surface area contributed by atoms with Crippen LogP contribution in [-0.2, 0) is 42.2 Å². The number of hydrogen-bond donors (Lipinski definition) is 2. The SMILES string of the molecule is CCCCC/C=C\C/C=C\CCCCCCCCCCCC(=O)OCC(COP(=O)(O)OCC(CO)OC(=O)CCCCCCC/C=C\C/C=C\CCCCC)OC(=O)CCCCCCCCCCC/C=C\CCCCCCCC. The highest BCUT2D eigenvalue weighted by atomic mass is 31.2. The molecular formula is C68H123O11P. The first-order chi connectivity index (χ1) is 39.2. The molecule has 80 heavy (non-hydrogen) atoms. The normalized spacial score (nSPS) is 13.6. The lowest BCUT2D eigenvalue weighted by molar-refractivity contribution is -0.161. The molecule has 0 amide bonds. The van der Waals surface area contributed by atoms with Gasteiger partial charge in [0.05, 0.1) is 19.8 Å². The smallest absolute Gasteiger partial charge is 0.462 e. The zero-order valence-electron chi connectivity index (χ0n) is 51.8. The number of allylic oxidation sites excluding steroid dienone is 10. The Hall–Kier alpha value is -2.82. The summed E-state index contributed by atoms with van der Waals surface area (Å²) in [6.45, 7) is 4.62. The second kappa shape index (κ2) is 62.2. The summed E-state index contributed by atoms with van der Waals surface area (Å²) in [7, 11) is -4.76. The molecule has 3 atom stereocenters. The maximum absolute atomic E-state index is 13.0. The number of esters is 3. The molecule has 0 aliphatic heterocycles. The monoisotopic (exact) mass is 1150 g/mol. The molecular weight excluding hydrogens is 1020 g/mol. The van der Waals surface area contributed by atoms with Crippen molar-refractivity contribution in [3.63, 3.8) is 0 Å². The maximum Gasteiger partial charge on any atom is 0.472 e. The summed E-state index contributed by atoms with van der Waals surface area (Å²) in [5.74, 6) is -1.47. The van der Waals surface area contributed by atoms with E-state index in [-0.39, 0.29) is 25.9 Å². The summed E-state index contributed by atoms with van der Waals surface area (Å²) in [6.07, 6.45) is 70.2. The van der Waals surface area contributed by atoms with Crippen LogP contribution in [0.2, 0.25) is 0 Å². The number of aliphatic hydroxyl groups is 1. The Kier molecular flexibility index (Phi) is 60.0. The van der Waals surface area contributed by atoms with Gasteiger partial charge in [0, 0.05) is 19.3 Å².